The van der Waals surface area contributed by atoms with Gasteiger partial charge >= 0.3 is 0 Å². The molecule has 1 unspecified atom stereocenters. The van der Waals surface area contributed by atoms with Crippen molar-refractivity contribution in [1.82, 2.24) is 9.80 Å². The first-order chi connectivity index (χ1) is 15.9. The highest BCUT2D eigenvalue weighted by Gasteiger charge is 2.50. The topological polar surface area (TPSA) is 85.5 Å². The molecule has 8 nitrogen and oxygen atoms in total. The van der Waals surface area contributed by atoms with Gasteiger partial charge < -0.3 is 19.6 Å². The van der Waals surface area contributed by atoms with E-state index < -0.39 is 5.60 Å². The molecule has 0 aromatic heterocycles. The van der Waals surface area contributed by atoms with Gasteiger partial charge in [-0.3, -0.25) is 9.59 Å². The van der Waals surface area contributed by atoms with Gasteiger partial charge in [0.25, 0.3) is 11.8 Å². The molecule has 2 fully saturated rings. The molecule has 1 aromatic rings. The Bertz CT molecular complexity index is 1100. The number of benzene rings is 1. The zero-order chi connectivity index (χ0) is 23.2. The summed E-state index contributed by atoms with van der Waals surface area (Å²) in [6.45, 7) is 2.39. The van der Waals surface area contributed by atoms with Gasteiger partial charge in [-0.25, -0.2) is 0 Å². The number of methoxy groups -OCH3 is 1. The largest absolute Gasteiger partial charge is 0.380 e. The van der Waals surface area contributed by atoms with Gasteiger partial charge in [-0.05, 0) is 41.2 Å². The molecule has 2 aliphatic heterocycles. The van der Waals surface area contributed by atoms with Crippen molar-refractivity contribution < 1.29 is 24.1 Å². The lowest BCUT2D eigenvalue weighted by molar-refractivity contribution is -0.499. The number of ether oxygens (including phenoxy) is 1. The highest BCUT2D eigenvalue weighted by molar-refractivity contribution is 6.18. The summed E-state index contributed by atoms with van der Waals surface area (Å²) in [5, 5.41) is 14.6. The maximum absolute atomic E-state index is 13.0. The molecule has 2 amide bonds. The number of nitrogens with zero attached hydrogens (tertiary/aromatic N) is 4. The van der Waals surface area contributed by atoms with Crippen LogP contribution >= 0.6 is 0 Å². The van der Waals surface area contributed by atoms with E-state index in [0.29, 0.717) is 51.2 Å². The monoisotopic (exact) mass is 449 g/mol. The van der Waals surface area contributed by atoms with Crippen LogP contribution in [0.15, 0.2) is 47.6 Å². The molecule has 33 heavy (non-hydrogen) atoms. The Balaban J connectivity index is 1.23. The number of carbonyl (C=O) groups is 2. The van der Waals surface area contributed by atoms with Gasteiger partial charge in [0.2, 0.25) is 5.71 Å². The number of rotatable bonds is 5. The highest BCUT2D eigenvalue weighted by Crippen LogP contribution is 2.37. The standard InChI is InChI=1S/C25H29N4O4/c1-27-22-15-19(7-8-20(22)21(26-27)16-33-2)17-3-5-18(6-4-17)23(30)28-11-13-29(14-12-28)24(31)25(32)9-10-25/h3-8,15,20,32H,9-14,16H2,1-2H3/q+1. The molecular weight excluding hydrogens is 420 g/mol. The van der Waals surface area contributed by atoms with Crippen molar-refractivity contribution in [2.75, 3.05) is 46.9 Å². The number of amides is 2. The van der Waals surface area contributed by atoms with E-state index in [2.05, 4.69) is 23.3 Å². The zero-order valence-corrected chi connectivity index (χ0v) is 19.0. The molecule has 0 radical (unpaired) electrons. The summed E-state index contributed by atoms with van der Waals surface area (Å²) in [6, 6.07) is 7.66. The van der Waals surface area contributed by atoms with Gasteiger partial charge in [-0.1, -0.05) is 29.0 Å². The molecule has 1 saturated heterocycles. The average molecular weight is 450 g/mol. The van der Waals surface area contributed by atoms with Gasteiger partial charge in [0.15, 0.2) is 7.05 Å². The van der Waals surface area contributed by atoms with E-state index in [0.717, 1.165) is 22.6 Å². The first-order valence-corrected chi connectivity index (χ1v) is 11.4. The lowest BCUT2D eigenvalue weighted by Gasteiger charge is -2.35. The number of fused-ring (bicyclic) bond motifs is 1. The van der Waals surface area contributed by atoms with Crippen LogP contribution in [0, 0.1) is 5.92 Å². The smallest absolute Gasteiger partial charge is 0.254 e. The van der Waals surface area contributed by atoms with Gasteiger partial charge in [0.05, 0.1) is 6.61 Å². The summed E-state index contributed by atoms with van der Waals surface area (Å²) >= 11 is 0. The van der Waals surface area contributed by atoms with E-state index in [1.165, 1.54) is 0 Å². The van der Waals surface area contributed by atoms with Crippen LogP contribution in [-0.2, 0) is 9.53 Å². The summed E-state index contributed by atoms with van der Waals surface area (Å²) in [5.41, 5.74) is 3.71. The normalized spacial score (nSPS) is 23.3. The number of hydrogen-bond acceptors (Lipinski definition) is 5. The molecule has 1 atom stereocenters. The van der Waals surface area contributed by atoms with Crippen LogP contribution in [0.4, 0.5) is 0 Å². The van der Waals surface area contributed by atoms with Crippen molar-refractivity contribution in [2.24, 2.45) is 11.0 Å². The number of piperazine rings is 1. The third kappa shape index (κ3) is 4.05. The Morgan fingerprint density at radius 2 is 1.82 bits per heavy atom. The Labute approximate surface area is 193 Å². The predicted molar refractivity (Wildman–Crippen MR) is 124 cm³/mol. The second kappa shape index (κ2) is 8.35. The Hall–Kier alpha value is -3.10. The quantitative estimate of drug-likeness (QED) is 0.684. The number of hydrogen-bond donors (Lipinski definition) is 1. The molecule has 4 aliphatic rings. The van der Waals surface area contributed by atoms with Crippen LogP contribution < -0.4 is 0 Å². The van der Waals surface area contributed by atoms with Crippen LogP contribution in [0.5, 0.6) is 0 Å². The molecule has 0 spiro atoms. The fourth-order valence-electron chi connectivity index (χ4n) is 4.66. The average Bonchev–Trinajstić information content (AvgIpc) is 3.53. The third-order valence-electron chi connectivity index (χ3n) is 6.83. The fraction of sp³-hybridized carbons (Fsp3) is 0.440. The molecular formula is C25H29N4O4+. The summed E-state index contributed by atoms with van der Waals surface area (Å²) < 4.78 is 7.16. The molecule has 1 saturated carbocycles. The number of hydrazone groups is 1. The van der Waals surface area contributed by atoms with E-state index in [9.17, 15) is 14.7 Å². The third-order valence-corrected chi connectivity index (χ3v) is 6.83. The maximum atomic E-state index is 13.0. The Morgan fingerprint density at radius 3 is 2.45 bits per heavy atom. The molecule has 172 valence electrons. The molecule has 1 aromatic carbocycles. The van der Waals surface area contributed by atoms with Crippen LogP contribution in [0.3, 0.4) is 0 Å². The second-order valence-corrected chi connectivity index (χ2v) is 9.10. The predicted octanol–water partition coefficient (Wildman–Crippen LogP) is 1.16. The summed E-state index contributed by atoms with van der Waals surface area (Å²) in [7, 11) is 3.62. The van der Waals surface area contributed by atoms with Crippen molar-refractivity contribution in [3.8, 4) is 0 Å². The summed E-state index contributed by atoms with van der Waals surface area (Å²) in [5.74, 6) is -0.0826. The van der Waals surface area contributed by atoms with E-state index in [1.807, 2.05) is 36.0 Å². The first-order valence-electron chi connectivity index (χ1n) is 11.4. The second-order valence-electron chi connectivity index (χ2n) is 9.10. The van der Waals surface area contributed by atoms with Gasteiger partial charge in [0, 0.05) is 44.9 Å². The fourth-order valence-corrected chi connectivity index (χ4v) is 4.66. The van der Waals surface area contributed by atoms with Crippen molar-refractivity contribution >= 4 is 28.8 Å². The van der Waals surface area contributed by atoms with Gasteiger partial charge in [-0.15, -0.1) is 0 Å². The number of allylic oxidation sites excluding steroid dienone is 4. The zero-order valence-electron chi connectivity index (χ0n) is 19.0. The Morgan fingerprint density at radius 1 is 1.15 bits per heavy atom. The molecule has 8 heteroatoms. The summed E-state index contributed by atoms with van der Waals surface area (Å²) in [4.78, 5) is 28.7. The summed E-state index contributed by atoms with van der Waals surface area (Å²) in [6.07, 6.45) is 7.46. The van der Waals surface area contributed by atoms with Gasteiger partial charge in [0.1, 0.15) is 17.2 Å². The van der Waals surface area contributed by atoms with Crippen molar-refractivity contribution in [2.45, 2.75) is 18.4 Å². The molecule has 0 bridgehead atoms. The highest BCUT2D eigenvalue weighted by atomic mass is 16.5. The minimum Gasteiger partial charge on any atom is -0.380 e. The van der Waals surface area contributed by atoms with Crippen LogP contribution in [0.2, 0.25) is 0 Å². The van der Waals surface area contributed by atoms with E-state index in [1.54, 1.807) is 16.9 Å². The molecule has 2 aliphatic carbocycles. The van der Waals surface area contributed by atoms with Crippen LogP contribution in [0.25, 0.3) is 5.57 Å². The minimum absolute atomic E-state index is 0.0329. The lowest BCUT2D eigenvalue weighted by Crippen LogP contribution is -2.53. The molecule has 1 N–H and O–H groups in total. The van der Waals surface area contributed by atoms with Crippen molar-refractivity contribution in [1.29, 1.82) is 0 Å². The lowest BCUT2D eigenvalue weighted by atomic mass is 9.88. The van der Waals surface area contributed by atoms with Gasteiger partial charge in [-0.2, -0.15) is 0 Å². The van der Waals surface area contributed by atoms with E-state index in [-0.39, 0.29) is 17.7 Å². The number of carbonyl (C=O) groups excluding carboxylic acids is 2. The van der Waals surface area contributed by atoms with Crippen molar-refractivity contribution in [3.63, 3.8) is 0 Å². The number of aliphatic hydroxyl groups is 1. The van der Waals surface area contributed by atoms with E-state index in [4.69, 9.17) is 4.74 Å². The maximum Gasteiger partial charge on any atom is 0.254 e. The Kier molecular flexibility index (Phi) is 5.50. The van der Waals surface area contributed by atoms with Crippen molar-refractivity contribution in [3.05, 3.63) is 53.6 Å². The first kappa shape index (κ1) is 21.7. The molecule has 2 heterocycles. The minimum atomic E-state index is -1.15. The van der Waals surface area contributed by atoms with Crippen LogP contribution in [0.1, 0.15) is 28.8 Å². The van der Waals surface area contributed by atoms with Crippen LogP contribution in [-0.4, -0.2) is 95.4 Å². The van der Waals surface area contributed by atoms with E-state index >= 15 is 0 Å². The molecule has 5 rings (SSSR count). The SMILES string of the molecule is COCC1=N[N+](C)=C2C=C(c3ccc(C(=O)N4CCN(C(=O)C5(O)CC5)CC4)cc3)C=CC12.